The number of carbonyl (C=O) groups excluding carboxylic acids is 1. The molecule has 0 aliphatic heterocycles. The van der Waals surface area contributed by atoms with Crippen LogP contribution in [0.25, 0.3) is 0 Å². The van der Waals surface area contributed by atoms with Gasteiger partial charge in [-0.15, -0.1) is 0 Å². The Morgan fingerprint density at radius 2 is 1.84 bits per heavy atom. The molecule has 0 aliphatic rings. The average Bonchev–Trinajstić information content (AvgIpc) is 2.29. The predicted molar refractivity (Wildman–Crippen MR) is 74.7 cm³/mol. The van der Waals surface area contributed by atoms with Crippen molar-refractivity contribution < 1.29 is 13.9 Å². The van der Waals surface area contributed by atoms with Crippen molar-refractivity contribution in [3.05, 3.63) is 30.1 Å². The number of benzene rings is 1. The van der Waals surface area contributed by atoms with Crippen LogP contribution in [0.15, 0.2) is 24.3 Å². The second-order valence-electron chi connectivity index (χ2n) is 5.39. The highest BCUT2D eigenvalue weighted by Gasteiger charge is 2.17. The summed E-state index contributed by atoms with van der Waals surface area (Å²) in [4.78, 5) is 13.7. The van der Waals surface area contributed by atoms with Gasteiger partial charge in [-0.25, -0.2) is 4.39 Å². The normalized spacial score (nSPS) is 11.2. The molecule has 4 heteroatoms. The van der Waals surface area contributed by atoms with Crippen molar-refractivity contribution in [3.8, 4) is 0 Å². The summed E-state index contributed by atoms with van der Waals surface area (Å²) in [7, 11) is 0. The highest BCUT2D eigenvalue weighted by Crippen LogP contribution is 2.15. The zero-order chi connectivity index (χ0) is 14.5. The molecule has 0 bridgehead atoms. The number of anilines is 1. The molecular formula is C15H22FNO2. The Morgan fingerprint density at radius 1 is 1.26 bits per heavy atom. The lowest BCUT2D eigenvalue weighted by Gasteiger charge is -2.24. The predicted octanol–water partition coefficient (Wildman–Crippen LogP) is 3.38. The quantitative estimate of drug-likeness (QED) is 0.766. The molecule has 0 saturated heterocycles. The largest absolute Gasteiger partial charge is 0.460 e. The van der Waals surface area contributed by atoms with E-state index < -0.39 is 5.60 Å². The molecule has 0 aromatic heterocycles. The van der Waals surface area contributed by atoms with Gasteiger partial charge in [0.15, 0.2) is 0 Å². The van der Waals surface area contributed by atoms with Gasteiger partial charge in [-0.05, 0) is 52.0 Å². The number of halogens is 1. The van der Waals surface area contributed by atoms with Crippen molar-refractivity contribution in [2.45, 2.75) is 39.7 Å². The molecule has 1 aromatic rings. The molecule has 0 atom stereocenters. The Kier molecular flexibility index (Phi) is 5.33. The number of rotatable bonds is 5. The van der Waals surface area contributed by atoms with Gasteiger partial charge in [-0.2, -0.15) is 0 Å². The molecule has 0 N–H and O–H groups in total. The van der Waals surface area contributed by atoms with Crippen LogP contribution in [0.2, 0.25) is 0 Å². The van der Waals surface area contributed by atoms with Gasteiger partial charge < -0.3 is 9.64 Å². The topological polar surface area (TPSA) is 29.5 Å². The maximum absolute atomic E-state index is 12.9. The SMILES string of the molecule is CCN(CCC(=O)OC(C)(C)C)c1ccc(F)cc1. The fourth-order valence-electron chi connectivity index (χ4n) is 1.74. The van der Waals surface area contributed by atoms with E-state index in [1.165, 1.54) is 12.1 Å². The number of esters is 1. The van der Waals surface area contributed by atoms with Gasteiger partial charge in [-0.1, -0.05) is 0 Å². The Bertz CT molecular complexity index is 409. The molecule has 0 amide bonds. The van der Waals surface area contributed by atoms with E-state index in [4.69, 9.17) is 4.74 Å². The summed E-state index contributed by atoms with van der Waals surface area (Å²) in [5, 5.41) is 0. The number of hydrogen-bond donors (Lipinski definition) is 0. The summed E-state index contributed by atoms with van der Waals surface area (Å²) in [6.07, 6.45) is 0.322. The smallest absolute Gasteiger partial charge is 0.308 e. The van der Waals surface area contributed by atoms with Crippen LogP contribution in [-0.2, 0) is 9.53 Å². The summed E-state index contributed by atoms with van der Waals surface area (Å²) < 4.78 is 18.1. The second kappa shape index (κ2) is 6.55. The number of nitrogens with zero attached hydrogens (tertiary/aromatic N) is 1. The molecular weight excluding hydrogens is 245 g/mol. The van der Waals surface area contributed by atoms with Gasteiger partial charge in [0.05, 0.1) is 6.42 Å². The molecule has 3 nitrogen and oxygen atoms in total. The Morgan fingerprint density at radius 3 is 2.32 bits per heavy atom. The maximum atomic E-state index is 12.9. The fourth-order valence-corrected chi connectivity index (χ4v) is 1.74. The highest BCUT2D eigenvalue weighted by atomic mass is 19.1. The van der Waals surface area contributed by atoms with E-state index in [2.05, 4.69) is 0 Å². The number of ether oxygens (including phenoxy) is 1. The van der Waals surface area contributed by atoms with E-state index in [1.807, 2.05) is 32.6 Å². The molecule has 106 valence electrons. The number of hydrogen-bond acceptors (Lipinski definition) is 3. The molecule has 0 radical (unpaired) electrons. The molecule has 0 spiro atoms. The van der Waals surface area contributed by atoms with Crippen molar-refractivity contribution in [2.24, 2.45) is 0 Å². The van der Waals surface area contributed by atoms with Gasteiger partial charge >= 0.3 is 5.97 Å². The first kappa shape index (κ1) is 15.5. The third kappa shape index (κ3) is 5.73. The first-order valence-electron chi connectivity index (χ1n) is 6.54. The number of carbonyl (C=O) groups is 1. The maximum Gasteiger partial charge on any atom is 0.308 e. The van der Waals surface area contributed by atoms with Crippen molar-refractivity contribution in [3.63, 3.8) is 0 Å². The Balaban J connectivity index is 2.54. The molecule has 0 heterocycles. The van der Waals surface area contributed by atoms with E-state index in [9.17, 15) is 9.18 Å². The third-order valence-corrected chi connectivity index (χ3v) is 2.58. The van der Waals surface area contributed by atoms with Crippen LogP contribution in [0, 0.1) is 5.82 Å². The minimum atomic E-state index is -0.454. The molecule has 1 rings (SSSR count). The van der Waals surface area contributed by atoms with Gasteiger partial charge in [0.1, 0.15) is 11.4 Å². The van der Waals surface area contributed by atoms with E-state index >= 15 is 0 Å². The average molecular weight is 267 g/mol. The van der Waals surface area contributed by atoms with Gasteiger partial charge in [-0.3, -0.25) is 4.79 Å². The van der Waals surface area contributed by atoms with Crippen molar-refractivity contribution in [1.82, 2.24) is 0 Å². The summed E-state index contributed by atoms with van der Waals surface area (Å²) in [6, 6.07) is 6.28. The fraction of sp³-hybridized carbons (Fsp3) is 0.533. The first-order chi connectivity index (χ1) is 8.81. The van der Waals surface area contributed by atoms with Crippen LogP contribution in [0.3, 0.4) is 0 Å². The van der Waals surface area contributed by atoms with E-state index in [0.717, 1.165) is 12.2 Å². The monoisotopic (exact) mass is 267 g/mol. The molecule has 19 heavy (non-hydrogen) atoms. The van der Waals surface area contributed by atoms with Crippen molar-refractivity contribution in [1.29, 1.82) is 0 Å². The molecule has 0 aliphatic carbocycles. The lowest BCUT2D eigenvalue weighted by Crippen LogP contribution is -2.29. The molecule has 0 saturated carbocycles. The molecule has 0 unspecified atom stereocenters. The van der Waals surface area contributed by atoms with E-state index in [1.54, 1.807) is 12.1 Å². The summed E-state index contributed by atoms with van der Waals surface area (Å²) >= 11 is 0. The summed E-state index contributed by atoms with van der Waals surface area (Å²) in [6.45, 7) is 8.87. The van der Waals surface area contributed by atoms with Crippen LogP contribution < -0.4 is 4.90 Å². The van der Waals surface area contributed by atoms with E-state index in [0.29, 0.717) is 13.0 Å². The van der Waals surface area contributed by atoms with Gasteiger partial charge in [0, 0.05) is 18.8 Å². The van der Waals surface area contributed by atoms with Crippen molar-refractivity contribution in [2.75, 3.05) is 18.0 Å². The Labute approximate surface area is 114 Å². The van der Waals surface area contributed by atoms with Gasteiger partial charge in [0.25, 0.3) is 0 Å². The van der Waals surface area contributed by atoms with Crippen LogP contribution in [0.5, 0.6) is 0 Å². The standard InChI is InChI=1S/C15H22FNO2/c1-5-17(13-8-6-12(16)7-9-13)11-10-14(18)19-15(2,3)4/h6-9H,5,10-11H2,1-4H3. The van der Waals surface area contributed by atoms with Crippen LogP contribution in [-0.4, -0.2) is 24.7 Å². The first-order valence-corrected chi connectivity index (χ1v) is 6.54. The minimum absolute atomic E-state index is 0.215. The van der Waals surface area contributed by atoms with Crippen LogP contribution >= 0.6 is 0 Å². The minimum Gasteiger partial charge on any atom is -0.460 e. The lowest BCUT2D eigenvalue weighted by atomic mass is 10.2. The lowest BCUT2D eigenvalue weighted by molar-refractivity contribution is -0.154. The zero-order valence-corrected chi connectivity index (χ0v) is 12.1. The highest BCUT2D eigenvalue weighted by molar-refractivity contribution is 5.70. The van der Waals surface area contributed by atoms with Crippen LogP contribution in [0.1, 0.15) is 34.1 Å². The van der Waals surface area contributed by atoms with Gasteiger partial charge in [0.2, 0.25) is 0 Å². The Hall–Kier alpha value is -1.58. The zero-order valence-electron chi connectivity index (χ0n) is 12.1. The second-order valence-corrected chi connectivity index (χ2v) is 5.39. The summed E-state index contributed by atoms with van der Waals surface area (Å²) in [5.74, 6) is -0.472. The van der Waals surface area contributed by atoms with Crippen molar-refractivity contribution >= 4 is 11.7 Å². The molecule has 1 aromatic carbocycles. The van der Waals surface area contributed by atoms with Crippen LogP contribution in [0.4, 0.5) is 10.1 Å². The molecule has 0 fully saturated rings. The summed E-state index contributed by atoms with van der Waals surface area (Å²) in [5.41, 5.74) is 0.455. The third-order valence-electron chi connectivity index (χ3n) is 2.58. The van der Waals surface area contributed by atoms with E-state index in [-0.39, 0.29) is 11.8 Å².